The number of aryl methyl sites for hydroxylation is 2. The number of aromatic nitrogens is 2. The summed E-state index contributed by atoms with van der Waals surface area (Å²) < 4.78 is 12.6. The first-order valence-electron chi connectivity index (χ1n) is 7.53. The lowest BCUT2D eigenvalue weighted by atomic mass is 9.76. The van der Waals surface area contributed by atoms with Gasteiger partial charge in [0.25, 0.3) is 0 Å². The van der Waals surface area contributed by atoms with E-state index in [9.17, 15) is 0 Å². The Hall–Kier alpha value is -0.620. The number of hydrogen-bond acceptors (Lipinski definition) is 4. The van der Waals surface area contributed by atoms with Gasteiger partial charge in [-0.25, -0.2) is 0 Å². The average molecular weight is 316 g/mol. The van der Waals surface area contributed by atoms with Gasteiger partial charge in [-0.15, -0.1) is 0 Å². The molecule has 21 heavy (non-hydrogen) atoms. The maximum atomic E-state index is 6.42. The van der Waals surface area contributed by atoms with Crippen LogP contribution in [0.4, 0.5) is 0 Å². The molecule has 1 fully saturated rings. The fourth-order valence-corrected chi connectivity index (χ4v) is 3.20. The standard InChI is InChI=1S/C15H26ClN3O2/c1-12-14(16)13(19(2)18-12)10-15(4-7-21-8-5-15)11-17-6-9-20-3/h17H,4-11H2,1-3H3. The van der Waals surface area contributed by atoms with Crippen LogP contribution in [0.1, 0.15) is 24.2 Å². The molecule has 0 unspecified atom stereocenters. The van der Waals surface area contributed by atoms with Crippen LogP contribution in [0.15, 0.2) is 0 Å². The van der Waals surface area contributed by atoms with Gasteiger partial charge >= 0.3 is 0 Å². The Bertz CT molecular complexity index is 456. The molecule has 1 aromatic rings. The average Bonchev–Trinajstić information content (AvgIpc) is 2.71. The van der Waals surface area contributed by atoms with Crippen molar-refractivity contribution in [1.82, 2.24) is 15.1 Å². The molecule has 5 nitrogen and oxygen atoms in total. The summed E-state index contributed by atoms with van der Waals surface area (Å²) in [5.41, 5.74) is 2.23. The van der Waals surface area contributed by atoms with Gasteiger partial charge in [-0.3, -0.25) is 4.68 Å². The zero-order valence-electron chi connectivity index (χ0n) is 13.2. The van der Waals surface area contributed by atoms with Crippen LogP contribution in [-0.2, 0) is 22.9 Å². The predicted octanol–water partition coefficient (Wildman–Crippen LogP) is 1.96. The molecule has 0 spiro atoms. The van der Waals surface area contributed by atoms with Gasteiger partial charge in [0, 0.05) is 40.5 Å². The molecule has 0 atom stereocenters. The number of halogens is 1. The molecule has 1 aliphatic rings. The molecule has 1 saturated heterocycles. The maximum Gasteiger partial charge on any atom is 0.0847 e. The van der Waals surface area contributed by atoms with Crippen molar-refractivity contribution in [3.63, 3.8) is 0 Å². The van der Waals surface area contributed by atoms with E-state index >= 15 is 0 Å². The quantitative estimate of drug-likeness (QED) is 0.781. The third kappa shape index (κ3) is 4.19. The van der Waals surface area contributed by atoms with Gasteiger partial charge in [0.15, 0.2) is 0 Å². The second-order valence-corrected chi connectivity index (χ2v) is 6.31. The molecule has 0 bridgehead atoms. The van der Waals surface area contributed by atoms with E-state index in [1.54, 1.807) is 7.11 Å². The highest BCUT2D eigenvalue weighted by Crippen LogP contribution is 2.36. The molecule has 0 saturated carbocycles. The lowest BCUT2D eigenvalue weighted by molar-refractivity contribution is 0.0135. The Labute approximate surface area is 131 Å². The molecule has 0 radical (unpaired) electrons. The highest BCUT2D eigenvalue weighted by Gasteiger charge is 2.34. The Balaban J connectivity index is 2.08. The van der Waals surface area contributed by atoms with Crippen molar-refractivity contribution < 1.29 is 9.47 Å². The summed E-state index contributed by atoms with van der Waals surface area (Å²) in [6.45, 7) is 6.16. The molecule has 1 aliphatic heterocycles. The summed E-state index contributed by atoms with van der Waals surface area (Å²) in [6, 6.07) is 0. The molecule has 2 rings (SSSR count). The van der Waals surface area contributed by atoms with Crippen LogP contribution in [0.25, 0.3) is 0 Å². The van der Waals surface area contributed by atoms with Gasteiger partial charge in [0.05, 0.1) is 23.0 Å². The second kappa shape index (κ2) is 7.58. The molecular formula is C15H26ClN3O2. The summed E-state index contributed by atoms with van der Waals surface area (Å²) in [6.07, 6.45) is 3.04. The topological polar surface area (TPSA) is 48.3 Å². The minimum Gasteiger partial charge on any atom is -0.383 e. The van der Waals surface area contributed by atoms with Crippen molar-refractivity contribution in [2.75, 3.05) is 40.0 Å². The minimum atomic E-state index is 0.190. The van der Waals surface area contributed by atoms with E-state index in [4.69, 9.17) is 21.1 Å². The first-order valence-corrected chi connectivity index (χ1v) is 7.91. The molecule has 2 heterocycles. The third-order valence-electron chi connectivity index (χ3n) is 4.34. The van der Waals surface area contributed by atoms with Crippen molar-refractivity contribution in [1.29, 1.82) is 0 Å². The third-order valence-corrected chi connectivity index (χ3v) is 4.83. The van der Waals surface area contributed by atoms with E-state index in [2.05, 4.69) is 10.4 Å². The highest BCUT2D eigenvalue weighted by atomic mass is 35.5. The van der Waals surface area contributed by atoms with E-state index in [0.717, 1.165) is 68.6 Å². The first-order chi connectivity index (χ1) is 10.1. The van der Waals surface area contributed by atoms with Crippen LogP contribution in [-0.4, -0.2) is 49.8 Å². The van der Waals surface area contributed by atoms with Crippen molar-refractivity contribution >= 4 is 11.6 Å². The van der Waals surface area contributed by atoms with Crippen LogP contribution in [0, 0.1) is 12.3 Å². The van der Waals surface area contributed by atoms with Crippen molar-refractivity contribution in [2.45, 2.75) is 26.2 Å². The number of methoxy groups -OCH3 is 1. The number of nitrogens with zero attached hydrogens (tertiary/aromatic N) is 2. The minimum absolute atomic E-state index is 0.190. The summed E-state index contributed by atoms with van der Waals surface area (Å²) >= 11 is 6.42. The summed E-state index contributed by atoms with van der Waals surface area (Å²) in [7, 11) is 3.70. The zero-order chi connectivity index (χ0) is 15.3. The van der Waals surface area contributed by atoms with Crippen LogP contribution < -0.4 is 5.32 Å². The Morgan fingerprint density at radius 2 is 2.14 bits per heavy atom. The highest BCUT2D eigenvalue weighted by molar-refractivity contribution is 6.31. The van der Waals surface area contributed by atoms with Crippen molar-refractivity contribution in [2.24, 2.45) is 12.5 Å². The Morgan fingerprint density at radius 3 is 2.71 bits per heavy atom. The van der Waals surface area contributed by atoms with Crippen LogP contribution in [0.3, 0.4) is 0 Å². The van der Waals surface area contributed by atoms with Gasteiger partial charge in [-0.2, -0.15) is 5.10 Å². The molecule has 0 aliphatic carbocycles. The Kier molecular flexibility index (Phi) is 6.05. The molecule has 0 amide bonds. The van der Waals surface area contributed by atoms with Gasteiger partial charge < -0.3 is 14.8 Å². The van der Waals surface area contributed by atoms with E-state index < -0.39 is 0 Å². The SMILES string of the molecule is COCCNCC1(Cc2c(Cl)c(C)nn2C)CCOCC1. The van der Waals surface area contributed by atoms with Crippen molar-refractivity contribution in [3.05, 3.63) is 16.4 Å². The fraction of sp³-hybridized carbons (Fsp3) is 0.800. The molecule has 120 valence electrons. The molecule has 0 aromatic carbocycles. The first kappa shape index (κ1) is 16.7. The Morgan fingerprint density at radius 1 is 1.43 bits per heavy atom. The largest absolute Gasteiger partial charge is 0.383 e. The number of hydrogen-bond donors (Lipinski definition) is 1. The fourth-order valence-electron chi connectivity index (χ4n) is 2.98. The van der Waals surface area contributed by atoms with Gasteiger partial charge in [-0.1, -0.05) is 11.6 Å². The maximum absolute atomic E-state index is 6.42. The monoisotopic (exact) mass is 315 g/mol. The predicted molar refractivity (Wildman–Crippen MR) is 83.9 cm³/mol. The van der Waals surface area contributed by atoms with Gasteiger partial charge in [0.2, 0.25) is 0 Å². The lowest BCUT2D eigenvalue weighted by Crippen LogP contribution is -2.42. The van der Waals surface area contributed by atoms with E-state index in [1.807, 2.05) is 18.7 Å². The van der Waals surface area contributed by atoms with Crippen LogP contribution >= 0.6 is 11.6 Å². The summed E-state index contributed by atoms with van der Waals surface area (Å²) in [5.74, 6) is 0. The molecule has 1 aromatic heterocycles. The van der Waals surface area contributed by atoms with Crippen molar-refractivity contribution in [3.8, 4) is 0 Å². The molecule has 1 N–H and O–H groups in total. The number of ether oxygens (including phenoxy) is 2. The van der Waals surface area contributed by atoms with E-state index in [0.29, 0.717) is 0 Å². The smallest absolute Gasteiger partial charge is 0.0847 e. The van der Waals surface area contributed by atoms with Gasteiger partial charge in [0.1, 0.15) is 0 Å². The van der Waals surface area contributed by atoms with Gasteiger partial charge in [-0.05, 0) is 31.6 Å². The van der Waals surface area contributed by atoms with E-state index in [1.165, 1.54) is 0 Å². The number of nitrogens with one attached hydrogen (secondary N) is 1. The normalized spacial score (nSPS) is 18.1. The zero-order valence-corrected chi connectivity index (χ0v) is 14.0. The van der Waals surface area contributed by atoms with Crippen LogP contribution in [0.5, 0.6) is 0 Å². The second-order valence-electron chi connectivity index (χ2n) is 5.93. The summed E-state index contributed by atoms with van der Waals surface area (Å²) in [4.78, 5) is 0. The molecule has 6 heteroatoms. The van der Waals surface area contributed by atoms with Crippen LogP contribution in [0.2, 0.25) is 5.02 Å². The molecular weight excluding hydrogens is 290 g/mol. The summed E-state index contributed by atoms with van der Waals surface area (Å²) in [5, 5.41) is 8.75. The lowest BCUT2D eigenvalue weighted by Gasteiger charge is -2.37. The number of rotatable bonds is 7. The van der Waals surface area contributed by atoms with E-state index in [-0.39, 0.29) is 5.41 Å².